The van der Waals surface area contributed by atoms with E-state index in [-0.39, 0.29) is 6.10 Å². The van der Waals surface area contributed by atoms with Gasteiger partial charge in [-0.05, 0) is 19.3 Å². The zero-order valence-electron chi connectivity index (χ0n) is 7.16. The van der Waals surface area contributed by atoms with Gasteiger partial charge in [0.1, 0.15) is 0 Å². The fourth-order valence-electron chi connectivity index (χ4n) is 2.02. The molecular formula is C8H16N2O2. The Labute approximate surface area is 72.4 Å². The summed E-state index contributed by atoms with van der Waals surface area (Å²) in [5.74, 6) is 5.38. The molecule has 1 saturated carbocycles. The number of nitrogens with one attached hydrogen (secondary N) is 1. The van der Waals surface area contributed by atoms with E-state index in [0.717, 1.165) is 32.5 Å². The first-order valence-corrected chi connectivity index (χ1v) is 4.59. The second-order valence-electron chi connectivity index (χ2n) is 3.50. The second-order valence-corrected chi connectivity index (χ2v) is 3.50. The largest absolute Gasteiger partial charge is 0.373 e. The van der Waals surface area contributed by atoms with Gasteiger partial charge in [-0.3, -0.25) is 11.3 Å². The van der Waals surface area contributed by atoms with E-state index in [1.165, 1.54) is 0 Å². The molecule has 2 aliphatic rings. The number of rotatable bonds is 1. The van der Waals surface area contributed by atoms with E-state index < -0.39 is 0 Å². The molecule has 0 amide bonds. The van der Waals surface area contributed by atoms with Gasteiger partial charge in [0.15, 0.2) is 0 Å². The highest BCUT2D eigenvalue weighted by Crippen LogP contribution is 2.26. The van der Waals surface area contributed by atoms with Gasteiger partial charge in [-0.25, -0.2) is 0 Å². The predicted molar refractivity (Wildman–Crippen MR) is 44.4 cm³/mol. The van der Waals surface area contributed by atoms with Crippen molar-refractivity contribution < 1.29 is 9.47 Å². The Hall–Kier alpha value is -0.160. The molecule has 2 fully saturated rings. The van der Waals surface area contributed by atoms with Crippen LogP contribution in [0.5, 0.6) is 0 Å². The van der Waals surface area contributed by atoms with Crippen molar-refractivity contribution >= 4 is 0 Å². The number of nitrogens with two attached hydrogens (primary N) is 1. The third-order valence-corrected chi connectivity index (χ3v) is 2.71. The van der Waals surface area contributed by atoms with Gasteiger partial charge in [0.05, 0.1) is 25.4 Å². The highest BCUT2D eigenvalue weighted by molar-refractivity contribution is 4.85. The fraction of sp³-hybridized carbons (Fsp3) is 1.00. The molecule has 0 spiro atoms. The van der Waals surface area contributed by atoms with Crippen LogP contribution in [0, 0.1) is 0 Å². The maximum atomic E-state index is 5.59. The molecule has 3 N–H and O–H groups in total. The third kappa shape index (κ3) is 1.61. The molecule has 4 nitrogen and oxygen atoms in total. The van der Waals surface area contributed by atoms with Crippen LogP contribution >= 0.6 is 0 Å². The van der Waals surface area contributed by atoms with Crippen molar-refractivity contribution in [2.75, 3.05) is 13.2 Å². The van der Waals surface area contributed by atoms with E-state index in [1.54, 1.807) is 0 Å². The zero-order chi connectivity index (χ0) is 8.39. The molecule has 0 aromatic rings. The topological polar surface area (TPSA) is 56.5 Å². The maximum Gasteiger partial charge on any atom is 0.0853 e. The number of ether oxygens (including phenoxy) is 2. The molecule has 3 unspecified atom stereocenters. The van der Waals surface area contributed by atoms with Gasteiger partial charge in [-0.15, -0.1) is 0 Å². The van der Waals surface area contributed by atoms with E-state index in [0.29, 0.717) is 12.1 Å². The Bertz CT molecular complexity index is 154. The van der Waals surface area contributed by atoms with Crippen molar-refractivity contribution in [2.24, 2.45) is 5.84 Å². The first kappa shape index (κ1) is 8.44. The van der Waals surface area contributed by atoms with Crippen molar-refractivity contribution in [3.05, 3.63) is 0 Å². The summed E-state index contributed by atoms with van der Waals surface area (Å²) in [5, 5.41) is 0. The van der Waals surface area contributed by atoms with Crippen molar-refractivity contribution in [3.63, 3.8) is 0 Å². The summed E-state index contributed by atoms with van der Waals surface area (Å²) in [6.07, 6.45) is 3.75. The molecular weight excluding hydrogens is 156 g/mol. The Morgan fingerprint density at radius 3 is 2.58 bits per heavy atom. The molecule has 0 aromatic carbocycles. The Morgan fingerprint density at radius 2 is 1.83 bits per heavy atom. The van der Waals surface area contributed by atoms with Crippen molar-refractivity contribution in [3.8, 4) is 0 Å². The number of hydrogen-bond donors (Lipinski definition) is 2. The summed E-state index contributed by atoms with van der Waals surface area (Å²) in [6, 6.07) is 0.410. The predicted octanol–water partition coefficient (Wildman–Crippen LogP) is -0.214. The molecule has 1 saturated heterocycles. The molecule has 1 heterocycles. The number of hydrogen-bond acceptors (Lipinski definition) is 4. The van der Waals surface area contributed by atoms with E-state index >= 15 is 0 Å². The lowest BCUT2D eigenvalue weighted by Gasteiger charge is -2.38. The summed E-state index contributed by atoms with van der Waals surface area (Å²) in [7, 11) is 0. The molecule has 1 aliphatic carbocycles. The average molecular weight is 172 g/mol. The molecule has 0 aromatic heterocycles. The van der Waals surface area contributed by atoms with Crippen molar-refractivity contribution in [1.82, 2.24) is 5.43 Å². The first-order chi connectivity index (χ1) is 5.90. The summed E-state index contributed by atoms with van der Waals surface area (Å²) >= 11 is 0. The Kier molecular flexibility index (Phi) is 2.60. The quantitative estimate of drug-likeness (QED) is 0.424. The first-order valence-electron chi connectivity index (χ1n) is 4.59. The van der Waals surface area contributed by atoms with Gasteiger partial charge >= 0.3 is 0 Å². The van der Waals surface area contributed by atoms with Crippen molar-refractivity contribution in [1.29, 1.82) is 0 Å². The molecule has 4 heteroatoms. The highest BCUT2D eigenvalue weighted by atomic mass is 16.6. The van der Waals surface area contributed by atoms with Gasteiger partial charge in [-0.2, -0.15) is 0 Å². The summed E-state index contributed by atoms with van der Waals surface area (Å²) < 4.78 is 11.2. The van der Waals surface area contributed by atoms with Gasteiger partial charge in [0.2, 0.25) is 0 Å². The monoisotopic (exact) mass is 172 g/mol. The average Bonchev–Trinajstić information content (AvgIpc) is 2.17. The lowest BCUT2D eigenvalue weighted by molar-refractivity contribution is -0.157. The Morgan fingerprint density at radius 1 is 1.08 bits per heavy atom. The van der Waals surface area contributed by atoms with E-state index in [2.05, 4.69) is 5.43 Å². The standard InChI is InChI=1S/C8H16N2O2/c9-10-6-1-2-7-8(5-6)12-4-3-11-7/h6-8,10H,1-5,9H2. The van der Waals surface area contributed by atoms with E-state index in [1.807, 2.05) is 0 Å². The minimum atomic E-state index is 0.272. The highest BCUT2D eigenvalue weighted by Gasteiger charge is 2.33. The lowest BCUT2D eigenvalue weighted by atomic mass is 9.90. The van der Waals surface area contributed by atoms with Crippen LogP contribution in [0.1, 0.15) is 19.3 Å². The minimum absolute atomic E-state index is 0.272. The molecule has 70 valence electrons. The third-order valence-electron chi connectivity index (χ3n) is 2.71. The normalized spacial score (nSPS) is 42.2. The number of hydrazine groups is 1. The smallest absolute Gasteiger partial charge is 0.0853 e. The summed E-state index contributed by atoms with van der Waals surface area (Å²) in [5.41, 5.74) is 2.80. The fourth-order valence-corrected chi connectivity index (χ4v) is 2.02. The van der Waals surface area contributed by atoms with Gasteiger partial charge in [-0.1, -0.05) is 0 Å². The van der Waals surface area contributed by atoms with Crippen LogP contribution in [-0.4, -0.2) is 31.5 Å². The van der Waals surface area contributed by atoms with Crippen LogP contribution in [0.25, 0.3) is 0 Å². The van der Waals surface area contributed by atoms with Crippen LogP contribution in [0.4, 0.5) is 0 Å². The Balaban J connectivity index is 1.90. The maximum absolute atomic E-state index is 5.59. The molecule has 0 radical (unpaired) electrons. The van der Waals surface area contributed by atoms with Crippen molar-refractivity contribution in [2.45, 2.75) is 37.5 Å². The van der Waals surface area contributed by atoms with Crippen LogP contribution in [-0.2, 0) is 9.47 Å². The molecule has 3 atom stereocenters. The van der Waals surface area contributed by atoms with Gasteiger partial charge in [0.25, 0.3) is 0 Å². The van der Waals surface area contributed by atoms with Crippen LogP contribution in [0.3, 0.4) is 0 Å². The molecule has 2 rings (SSSR count). The molecule has 1 aliphatic heterocycles. The summed E-state index contributed by atoms with van der Waals surface area (Å²) in [6.45, 7) is 1.49. The second kappa shape index (κ2) is 3.70. The van der Waals surface area contributed by atoms with Gasteiger partial charge in [0, 0.05) is 6.04 Å². The van der Waals surface area contributed by atoms with Gasteiger partial charge < -0.3 is 9.47 Å². The van der Waals surface area contributed by atoms with Crippen LogP contribution in [0.2, 0.25) is 0 Å². The van der Waals surface area contributed by atoms with Crippen LogP contribution < -0.4 is 11.3 Å². The van der Waals surface area contributed by atoms with E-state index in [9.17, 15) is 0 Å². The summed E-state index contributed by atoms with van der Waals surface area (Å²) in [4.78, 5) is 0. The lowest BCUT2D eigenvalue weighted by Crippen LogP contribution is -2.49. The zero-order valence-corrected chi connectivity index (χ0v) is 7.16. The molecule has 0 bridgehead atoms. The minimum Gasteiger partial charge on any atom is -0.373 e. The van der Waals surface area contributed by atoms with E-state index in [4.69, 9.17) is 15.3 Å². The molecule has 12 heavy (non-hydrogen) atoms. The van der Waals surface area contributed by atoms with Crippen LogP contribution in [0.15, 0.2) is 0 Å². The SMILES string of the molecule is NNC1CCC2OCCOC2C1. The number of fused-ring (bicyclic) bond motifs is 1.